The molecule has 98 valence electrons. The highest BCUT2D eigenvalue weighted by Gasteiger charge is 2.17. The van der Waals surface area contributed by atoms with Gasteiger partial charge in [-0.15, -0.1) is 0 Å². The molecule has 0 saturated heterocycles. The minimum atomic E-state index is -0.128. The lowest BCUT2D eigenvalue weighted by Crippen LogP contribution is -2.36. The maximum Gasteiger partial charge on any atom is 0.254 e. The van der Waals surface area contributed by atoms with E-state index >= 15 is 0 Å². The topological polar surface area (TPSA) is 78.9 Å². The molecule has 0 radical (unpaired) electrons. The molecule has 0 bridgehead atoms. The first-order valence-corrected chi connectivity index (χ1v) is 5.66. The summed E-state index contributed by atoms with van der Waals surface area (Å²) in [5, 5.41) is 11.4. The standard InChI is InChI=1S/C13H19N3O2/c1-8-5-9(2)12(10(3)6-8)13(17)16(4)7-11(14)15-18/h5-6,18H,7H2,1-4H3,(H2,14,15). The molecule has 5 nitrogen and oxygen atoms in total. The van der Waals surface area contributed by atoms with Crippen molar-refractivity contribution in [3.8, 4) is 0 Å². The summed E-state index contributed by atoms with van der Waals surface area (Å²) in [5.41, 5.74) is 9.06. The number of aryl methyl sites for hydroxylation is 3. The van der Waals surface area contributed by atoms with Gasteiger partial charge in [-0.2, -0.15) is 0 Å². The van der Waals surface area contributed by atoms with Crippen LogP contribution in [-0.2, 0) is 0 Å². The Morgan fingerprint density at radius 1 is 1.33 bits per heavy atom. The van der Waals surface area contributed by atoms with E-state index in [0.717, 1.165) is 16.7 Å². The molecule has 5 heteroatoms. The number of oxime groups is 1. The minimum Gasteiger partial charge on any atom is -0.409 e. The van der Waals surface area contributed by atoms with Gasteiger partial charge in [-0.05, 0) is 31.9 Å². The fourth-order valence-corrected chi connectivity index (χ4v) is 2.05. The van der Waals surface area contributed by atoms with Crippen LogP contribution in [0.4, 0.5) is 0 Å². The SMILES string of the molecule is Cc1cc(C)c(C(=O)N(C)CC(N)=NO)c(C)c1. The van der Waals surface area contributed by atoms with Gasteiger partial charge < -0.3 is 15.8 Å². The summed E-state index contributed by atoms with van der Waals surface area (Å²) >= 11 is 0. The highest BCUT2D eigenvalue weighted by molar-refractivity contribution is 5.99. The molecule has 0 atom stereocenters. The van der Waals surface area contributed by atoms with Crippen LogP contribution in [0.25, 0.3) is 0 Å². The van der Waals surface area contributed by atoms with Gasteiger partial charge in [-0.1, -0.05) is 22.9 Å². The molecule has 3 N–H and O–H groups in total. The van der Waals surface area contributed by atoms with Crippen LogP contribution in [0.3, 0.4) is 0 Å². The van der Waals surface area contributed by atoms with Gasteiger partial charge in [-0.3, -0.25) is 4.79 Å². The van der Waals surface area contributed by atoms with Crippen molar-refractivity contribution in [2.24, 2.45) is 10.9 Å². The van der Waals surface area contributed by atoms with E-state index in [1.165, 1.54) is 4.90 Å². The molecule has 0 heterocycles. The van der Waals surface area contributed by atoms with E-state index in [-0.39, 0.29) is 18.3 Å². The minimum absolute atomic E-state index is 0.00766. The van der Waals surface area contributed by atoms with Gasteiger partial charge >= 0.3 is 0 Å². The number of benzene rings is 1. The van der Waals surface area contributed by atoms with E-state index in [4.69, 9.17) is 10.9 Å². The highest BCUT2D eigenvalue weighted by Crippen LogP contribution is 2.17. The van der Waals surface area contributed by atoms with Gasteiger partial charge in [0.2, 0.25) is 0 Å². The van der Waals surface area contributed by atoms with Crippen molar-refractivity contribution in [2.75, 3.05) is 13.6 Å². The summed E-state index contributed by atoms with van der Waals surface area (Å²) in [4.78, 5) is 13.7. The first-order valence-electron chi connectivity index (χ1n) is 5.66. The van der Waals surface area contributed by atoms with E-state index in [1.54, 1.807) is 7.05 Å². The Bertz CT molecular complexity index is 472. The lowest BCUT2D eigenvalue weighted by atomic mass is 9.99. The molecular weight excluding hydrogens is 230 g/mol. The van der Waals surface area contributed by atoms with Gasteiger partial charge in [0, 0.05) is 12.6 Å². The zero-order valence-electron chi connectivity index (χ0n) is 11.2. The molecule has 1 aromatic carbocycles. The molecule has 0 spiro atoms. The number of amides is 1. The van der Waals surface area contributed by atoms with Gasteiger partial charge in [0.1, 0.15) is 0 Å². The van der Waals surface area contributed by atoms with Crippen LogP contribution in [0.15, 0.2) is 17.3 Å². The van der Waals surface area contributed by atoms with Crippen LogP contribution in [0.2, 0.25) is 0 Å². The van der Waals surface area contributed by atoms with Crippen LogP contribution in [0.5, 0.6) is 0 Å². The average molecular weight is 249 g/mol. The second kappa shape index (κ2) is 5.53. The van der Waals surface area contributed by atoms with Crippen molar-refractivity contribution in [2.45, 2.75) is 20.8 Å². The van der Waals surface area contributed by atoms with Gasteiger partial charge in [0.25, 0.3) is 5.91 Å². The molecule has 1 rings (SSSR count). The van der Waals surface area contributed by atoms with E-state index in [2.05, 4.69) is 5.16 Å². The Labute approximate surface area is 107 Å². The Balaban J connectivity index is 3.04. The molecule has 0 unspecified atom stereocenters. The average Bonchev–Trinajstić information content (AvgIpc) is 2.27. The van der Waals surface area contributed by atoms with Crippen molar-refractivity contribution in [1.29, 1.82) is 0 Å². The first-order chi connectivity index (χ1) is 8.36. The molecule has 0 aliphatic carbocycles. The summed E-state index contributed by atoms with van der Waals surface area (Å²) in [6.45, 7) is 5.91. The lowest BCUT2D eigenvalue weighted by molar-refractivity contribution is 0.0812. The molecule has 0 aliphatic rings. The molecular formula is C13H19N3O2. The number of hydrogen-bond acceptors (Lipinski definition) is 3. The van der Waals surface area contributed by atoms with Crippen molar-refractivity contribution < 1.29 is 10.0 Å². The summed E-state index contributed by atoms with van der Waals surface area (Å²) in [5.74, 6) is -0.120. The van der Waals surface area contributed by atoms with Crippen molar-refractivity contribution >= 4 is 11.7 Å². The second-order valence-electron chi connectivity index (χ2n) is 4.53. The third-order valence-electron chi connectivity index (χ3n) is 2.77. The molecule has 0 aliphatic heterocycles. The summed E-state index contributed by atoms with van der Waals surface area (Å²) in [7, 11) is 1.62. The highest BCUT2D eigenvalue weighted by atomic mass is 16.4. The lowest BCUT2D eigenvalue weighted by Gasteiger charge is -2.19. The van der Waals surface area contributed by atoms with Crippen molar-refractivity contribution in [1.82, 2.24) is 4.90 Å². The quantitative estimate of drug-likeness (QED) is 0.368. The predicted molar refractivity (Wildman–Crippen MR) is 71.0 cm³/mol. The van der Waals surface area contributed by atoms with E-state index in [0.29, 0.717) is 5.56 Å². The zero-order valence-corrected chi connectivity index (χ0v) is 11.2. The smallest absolute Gasteiger partial charge is 0.254 e. The van der Waals surface area contributed by atoms with Crippen molar-refractivity contribution in [3.63, 3.8) is 0 Å². The normalized spacial score (nSPS) is 11.4. The fraction of sp³-hybridized carbons (Fsp3) is 0.385. The Kier molecular flexibility index (Phi) is 4.31. The number of rotatable bonds is 3. The van der Waals surface area contributed by atoms with Crippen molar-refractivity contribution in [3.05, 3.63) is 34.4 Å². The maximum atomic E-state index is 12.3. The number of nitrogens with two attached hydrogens (primary N) is 1. The number of hydrogen-bond donors (Lipinski definition) is 2. The number of carbonyl (C=O) groups excluding carboxylic acids is 1. The van der Waals surface area contributed by atoms with E-state index in [1.807, 2.05) is 32.9 Å². The Hall–Kier alpha value is -2.04. The maximum absolute atomic E-state index is 12.3. The van der Waals surface area contributed by atoms with Crippen LogP contribution in [0.1, 0.15) is 27.0 Å². The van der Waals surface area contributed by atoms with Gasteiger partial charge in [-0.25, -0.2) is 0 Å². The molecule has 0 fully saturated rings. The second-order valence-corrected chi connectivity index (χ2v) is 4.53. The molecule has 0 aromatic heterocycles. The molecule has 0 saturated carbocycles. The number of likely N-dealkylation sites (N-methyl/N-ethyl adjacent to an activating group) is 1. The summed E-state index contributed by atoms with van der Waals surface area (Å²) < 4.78 is 0. The number of carbonyl (C=O) groups is 1. The molecule has 1 amide bonds. The van der Waals surface area contributed by atoms with Gasteiger partial charge in [0.15, 0.2) is 5.84 Å². The van der Waals surface area contributed by atoms with E-state index in [9.17, 15) is 4.79 Å². The summed E-state index contributed by atoms with van der Waals surface area (Å²) in [6.07, 6.45) is 0. The third-order valence-corrected chi connectivity index (χ3v) is 2.77. The Morgan fingerprint density at radius 3 is 2.28 bits per heavy atom. The van der Waals surface area contributed by atoms with Crippen LogP contribution >= 0.6 is 0 Å². The number of amidine groups is 1. The zero-order chi connectivity index (χ0) is 13.9. The Morgan fingerprint density at radius 2 is 1.83 bits per heavy atom. The first kappa shape index (κ1) is 14.0. The fourth-order valence-electron chi connectivity index (χ4n) is 2.05. The third kappa shape index (κ3) is 3.00. The predicted octanol–water partition coefficient (Wildman–Crippen LogP) is 1.43. The van der Waals surface area contributed by atoms with Crippen LogP contribution in [0, 0.1) is 20.8 Å². The number of nitrogens with zero attached hydrogens (tertiary/aromatic N) is 2. The van der Waals surface area contributed by atoms with Crippen LogP contribution in [-0.4, -0.2) is 35.4 Å². The monoisotopic (exact) mass is 249 g/mol. The van der Waals surface area contributed by atoms with Gasteiger partial charge in [0.05, 0.1) is 6.54 Å². The molecule has 1 aromatic rings. The largest absolute Gasteiger partial charge is 0.409 e. The van der Waals surface area contributed by atoms with Crippen LogP contribution < -0.4 is 5.73 Å². The molecule has 18 heavy (non-hydrogen) atoms. The van der Waals surface area contributed by atoms with E-state index < -0.39 is 0 Å². The summed E-state index contributed by atoms with van der Waals surface area (Å²) in [6, 6.07) is 3.94.